The van der Waals surface area contributed by atoms with Gasteiger partial charge in [0.25, 0.3) is 0 Å². The zero-order chi connectivity index (χ0) is 15.9. The normalized spacial score (nSPS) is 18.1. The van der Waals surface area contributed by atoms with E-state index in [2.05, 4.69) is 4.99 Å². The molecule has 0 saturated carbocycles. The number of rotatable bonds is 4. The monoisotopic (exact) mass is 297 g/mol. The van der Waals surface area contributed by atoms with Crippen molar-refractivity contribution in [3.8, 4) is 0 Å². The van der Waals surface area contributed by atoms with E-state index in [-0.39, 0.29) is 6.09 Å². The van der Waals surface area contributed by atoms with Crippen molar-refractivity contribution in [1.82, 2.24) is 4.90 Å². The van der Waals surface area contributed by atoms with Gasteiger partial charge >= 0.3 is 6.09 Å². The highest BCUT2D eigenvalue weighted by Crippen LogP contribution is 2.20. The standard InChI is InChI=1S/C15H27N3O3/c1-15(2,3)21-14(19)18-7-5-12(6-8-18)11-20-13(9-16)10-17-4/h9-10,12H,5-8,11,16H2,1-4H3. The van der Waals surface area contributed by atoms with Gasteiger partial charge in [-0.3, -0.25) is 4.99 Å². The molecule has 21 heavy (non-hydrogen) atoms. The molecule has 0 spiro atoms. The Morgan fingerprint density at radius 3 is 2.48 bits per heavy atom. The first-order valence-corrected chi connectivity index (χ1v) is 7.30. The molecule has 0 aromatic heterocycles. The van der Waals surface area contributed by atoms with Crippen LogP contribution in [0.5, 0.6) is 0 Å². The van der Waals surface area contributed by atoms with E-state index in [1.54, 1.807) is 18.2 Å². The number of aliphatic imine (C=N–C) groups is 1. The van der Waals surface area contributed by atoms with Crippen LogP contribution in [0.4, 0.5) is 4.79 Å². The number of piperidine rings is 1. The number of nitrogens with two attached hydrogens (primary N) is 1. The lowest BCUT2D eigenvalue weighted by Gasteiger charge is -2.33. The van der Waals surface area contributed by atoms with Crippen molar-refractivity contribution in [2.24, 2.45) is 16.6 Å². The van der Waals surface area contributed by atoms with Gasteiger partial charge in [0, 0.05) is 26.3 Å². The van der Waals surface area contributed by atoms with Crippen LogP contribution < -0.4 is 5.73 Å². The summed E-state index contributed by atoms with van der Waals surface area (Å²) in [6.45, 7) is 7.63. The Balaban J connectivity index is 2.34. The molecule has 0 aromatic rings. The molecule has 1 aliphatic rings. The van der Waals surface area contributed by atoms with Crippen LogP contribution in [0, 0.1) is 5.92 Å². The van der Waals surface area contributed by atoms with Gasteiger partial charge in [-0.05, 0) is 39.5 Å². The molecule has 0 aromatic carbocycles. The third-order valence-corrected chi connectivity index (χ3v) is 3.17. The molecule has 1 fully saturated rings. The lowest BCUT2D eigenvalue weighted by molar-refractivity contribution is 0.0152. The molecule has 1 aliphatic heterocycles. The smallest absolute Gasteiger partial charge is 0.410 e. The van der Waals surface area contributed by atoms with E-state index in [1.807, 2.05) is 20.8 Å². The molecule has 1 heterocycles. The fourth-order valence-corrected chi connectivity index (χ4v) is 2.08. The first-order valence-electron chi connectivity index (χ1n) is 7.30. The SMILES string of the molecule is CN=CC(=CN)OCC1CCN(C(=O)OC(C)(C)C)CC1. The third kappa shape index (κ3) is 6.51. The molecule has 0 unspecified atom stereocenters. The minimum Gasteiger partial charge on any atom is -0.490 e. The number of carbonyl (C=O) groups is 1. The summed E-state index contributed by atoms with van der Waals surface area (Å²) >= 11 is 0. The first-order chi connectivity index (χ1) is 9.85. The number of allylic oxidation sites excluding steroid dienone is 1. The van der Waals surface area contributed by atoms with Gasteiger partial charge < -0.3 is 20.1 Å². The third-order valence-electron chi connectivity index (χ3n) is 3.17. The highest BCUT2D eigenvalue weighted by Gasteiger charge is 2.27. The van der Waals surface area contributed by atoms with Crippen molar-refractivity contribution in [2.75, 3.05) is 26.7 Å². The number of amides is 1. The van der Waals surface area contributed by atoms with E-state index >= 15 is 0 Å². The van der Waals surface area contributed by atoms with Crippen LogP contribution in [0.15, 0.2) is 17.0 Å². The first kappa shape index (κ1) is 17.3. The summed E-state index contributed by atoms with van der Waals surface area (Å²) < 4.78 is 11.0. The van der Waals surface area contributed by atoms with Crippen molar-refractivity contribution >= 4 is 12.3 Å². The van der Waals surface area contributed by atoms with E-state index < -0.39 is 5.60 Å². The molecular weight excluding hydrogens is 270 g/mol. The zero-order valence-corrected chi connectivity index (χ0v) is 13.5. The summed E-state index contributed by atoms with van der Waals surface area (Å²) in [6.07, 6.45) is 4.57. The second-order valence-electron chi connectivity index (χ2n) is 6.18. The summed E-state index contributed by atoms with van der Waals surface area (Å²) in [4.78, 5) is 17.6. The van der Waals surface area contributed by atoms with Crippen LogP contribution >= 0.6 is 0 Å². The molecule has 1 amide bonds. The van der Waals surface area contributed by atoms with Crippen LogP contribution in [0.25, 0.3) is 0 Å². The second kappa shape index (κ2) is 7.90. The maximum absolute atomic E-state index is 11.9. The number of likely N-dealkylation sites (tertiary alicyclic amines) is 1. The molecule has 1 rings (SSSR count). The Morgan fingerprint density at radius 1 is 1.38 bits per heavy atom. The van der Waals surface area contributed by atoms with Gasteiger partial charge in [-0.1, -0.05) is 0 Å². The van der Waals surface area contributed by atoms with Gasteiger partial charge in [-0.2, -0.15) is 0 Å². The zero-order valence-electron chi connectivity index (χ0n) is 13.5. The number of nitrogens with zero attached hydrogens (tertiary/aromatic N) is 2. The van der Waals surface area contributed by atoms with Gasteiger partial charge in [0.15, 0.2) is 5.76 Å². The lowest BCUT2D eigenvalue weighted by atomic mass is 9.98. The Labute approximate surface area is 127 Å². The summed E-state index contributed by atoms with van der Waals surface area (Å²) in [6, 6.07) is 0. The molecule has 6 nitrogen and oxygen atoms in total. The Kier molecular flexibility index (Phi) is 6.52. The summed E-state index contributed by atoms with van der Waals surface area (Å²) in [5, 5.41) is 0. The Morgan fingerprint density at radius 2 is 2.00 bits per heavy atom. The van der Waals surface area contributed by atoms with Crippen LogP contribution in [0.2, 0.25) is 0 Å². The van der Waals surface area contributed by atoms with Gasteiger partial charge in [-0.15, -0.1) is 0 Å². The fraction of sp³-hybridized carbons (Fsp3) is 0.733. The maximum atomic E-state index is 11.9. The Hall–Kier alpha value is -1.72. The summed E-state index contributed by atoms with van der Waals surface area (Å²) in [5.41, 5.74) is 5.00. The van der Waals surface area contributed by atoms with E-state index in [4.69, 9.17) is 15.2 Å². The van der Waals surface area contributed by atoms with Crippen molar-refractivity contribution in [3.63, 3.8) is 0 Å². The van der Waals surface area contributed by atoms with Gasteiger partial charge in [0.1, 0.15) is 5.60 Å². The minimum absolute atomic E-state index is 0.234. The average molecular weight is 297 g/mol. The van der Waals surface area contributed by atoms with Crippen LogP contribution in [0.1, 0.15) is 33.6 Å². The van der Waals surface area contributed by atoms with Crippen molar-refractivity contribution in [1.29, 1.82) is 0 Å². The number of carbonyl (C=O) groups excluding carboxylic acids is 1. The summed E-state index contributed by atoms with van der Waals surface area (Å²) in [7, 11) is 1.67. The molecule has 6 heteroatoms. The molecule has 0 atom stereocenters. The maximum Gasteiger partial charge on any atom is 0.410 e. The predicted octanol–water partition coefficient (Wildman–Crippen LogP) is 2.15. The molecule has 1 saturated heterocycles. The van der Waals surface area contributed by atoms with Gasteiger partial charge in [0.05, 0.1) is 12.8 Å². The van der Waals surface area contributed by atoms with Crippen molar-refractivity contribution < 1.29 is 14.3 Å². The minimum atomic E-state index is -0.447. The molecular formula is C15H27N3O3. The van der Waals surface area contributed by atoms with E-state index in [0.717, 1.165) is 12.8 Å². The number of ether oxygens (including phenoxy) is 2. The van der Waals surface area contributed by atoms with E-state index in [1.165, 1.54) is 6.20 Å². The van der Waals surface area contributed by atoms with Crippen LogP contribution in [0.3, 0.4) is 0 Å². The number of hydrogen-bond donors (Lipinski definition) is 1. The lowest BCUT2D eigenvalue weighted by Crippen LogP contribution is -2.42. The molecule has 0 bridgehead atoms. The highest BCUT2D eigenvalue weighted by atomic mass is 16.6. The van der Waals surface area contributed by atoms with Crippen LogP contribution in [-0.4, -0.2) is 49.6 Å². The fourth-order valence-electron chi connectivity index (χ4n) is 2.08. The molecule has 120 valence electrons. The second-order valence-corrected chi connectivity index (χ2v) is 6.18. The number of hydrogen-bond acceptors (Lipinski definition) is 5. The highest BCUT2D eigenvalue weighted by molar-refractivity contribution is 5.75. The molecule has 0 radical (unpaired) electrons. The van der Waals surface area contributed by atoms with E-state index in [9.17, 15) is 4.79 Å². The van der Waals surface area contributed by atoms with Crippen LogP contribution in [-0.2, 0) is 9.47 Å². The predicted molar refractivity (Wildman–Crippen MR) is 83.2 cm³/mol. The van der Waals surface area contributed by atoms with Crippen molar-refractivity contribution in [3.05, 3.63) is 12.0 Å². The average Bonchev–Trinajstić information content (AvgIpc) is 2.42. The summed E-state index contributed by atoms with van der Waals surface area (Å²) in [5.74, 6) is 0.996. The van der Waals surface area contributed by atoms with Gasteiger partial charge in [-0.25, -0.2) is 4.79 Å². The molecule has 2 N–H and O–H groups in total. The largest absolute Gasteiger partial charge is 0.490 e. The topological polar surface area (TPSA) is 77.2 Å². The van der Waals surface area contributed by atoms with Gasteiger partial charge in [0.2, 0.25) is 0 Å². The Bertz CT molecular complexity index is 391. The van der Waals surface area contributed by atoms with Crippen molar-refractivity contribution in [2.45, 2.75) is 39.2 Å². The quantitative estimate of drug-likeness (QED) is 0.637. The van der Waals surface area contributed by atoms with E-state index in [0.29, 0.717) is 31.4 Å². The molecule has 0 aliphatic carbocycles.